The van der Waals surface area contributed by atoms with E-state index in [0.29, 0.717) is 0 Å². The normalized spacial score (nSPS) is 16.5. The van der Waals surface area contributed by atoms with Crippen LogP contribution in [0.25, 0.3) is 0 Å². The largest absolute Gasteiger partial charge is 0.493 e. The van der Waals surface area contributed by atoms with Gasteiger partial charge in [0.25, 0.3) is 0 Å². The predicted octanol–water partition coefficient (Wildman–Crippen LogP) is 1.38. The minimum absolute atomic E-state index is 0.827. The summed E-state index contributed by atoms with van der Waals surface area (Å²) in [7, 11) is 0. The average Bonchev–Trinajstić information content (AvgIpc) is 2.43. The Morgan fingerprint density at radius 1 is 1.16 bits per heavy atom. The molecule has 0 spiro atoms. The molecule has 19 heavy (non-hydrogen) atoms. The van der Waals surface area contributed by atoms with E-state index in [1.54, 1.807) is 4.90 Å². The maximum atomic E-state index is 5.87. The van der Waals surface area contributed by atoms with Gasteiger partial charge in [-0.15, -0.1) is 0 Å². The van der Waals surface area contributed by atoms with Crippen LogP contribution in [0.4, 0.5) is 0 Å². The molecule has 0 atom stereocenters. The van der Waals surface area contributed by atoms with Crippen molar-refractivity contribution >= 4 is 0 Å². The summed E-state index contributed by atoms with van der Waals surface area (Å²) in [6, 6.07) is 6.38. The van der Waals surface area contributed by atoms with Crippen molar-refractivity contribution < 1.29 is 14.4 Å². The van der Waals surface area contributed by atoms with E-state index in [4.69, 9.17) is 9.47 Å². The van der Waals surface area contributed by atoms with E-state index < -0.39 is 0 Å². The standard InChI is InChI=1S/C16H25NO2/c1-14-5-6-15(2)16(13-14)19-10-4-3-7-17-8-11-18-12-9-17/h5-6,13H,3-4,7-12H2,1-2H3/p+1. The molecule has 1 heterocycles. The van der Waals surface area contributed by atoms with Gasteiger partial charge in [0.2, 0.25) is 0 Å². The Balaban J connectivity index is 1.62. The van der Waals surface area contributed by atoms with Gasteiger partial charge in [-0.05, 0) is 43.9 Å². The van der Waals surface area contributed by atoms with E-state index in [-0.39, 0.29) is 0 Å². The van der Waals surface area contributed by atoms with Crippen LogP contribution in [0.15, 0.2) is 18.2 Å². The van der Waals surface area contributed by atoms with Crippen LogP contribution in [0.3, 0.4) is 0 Å². The summed E-state index contributed by atoms with van der Waals surface area (Å²) >= 11 is 0. The number of unbranched alkanes of at least 4 members (excludes halogenated alkanes) is 1. The Morgan fingerprint density at radius 2 is 1.95 bits per heavy atom. The molecule has 106 valence electrons. The van der Waals surface area contributed by atoms with Gasteiger partial charge in [0.1, 0.15) is 18.8 Å². The fourth-order valence-electron chi connectivity index (χ4n) is 2.43. The third-order valence-electron chi connectivity index (χ3n) is 3.73. The summed E-state index contributed by atoms with van der Waals surface area (Å²) in [4.78, 5) is 1.68. The quantitative estimate of drug-likeness (QED) is 0.785. The van der Waals surface area contributed by atoms with Crippen LogP contribution in [-0.4, -0.2) is 39.5 Å². The van der Waals surface area contributed by atoms with E-state index in [0.717, 1.165) is 45.1 Å². The van der Waals surface area contributed by atoms with Crippen molar-refractivity contribution in [2.24, 2.45) is 0 Å². The lowest BCUT2D eigenvalue weighted by atomic mass is 10.1. The van der Waals surface area contributed by atoms with E-state index in [1.807, 2.05) is 0 Å². The van der Waals surface area contributed by atoms with Gasteiger partial charge in [-0.3, -0.25) is 0 Å². The first-order chi connectivity index (χ1) is 9.25. The van der Waals surface area contributed by atoms with Gasteiger partial charge in [-0.1, -0.05) is 12.1 Å². The summed E-state index contributed by atoms with van der Waals surface area (Å²) in [6.45, 7) is 10.5. The molecule has 0 bridgehead atoms. The first kappa shape index (κ1) is 14.4. The number of nitrogens with one attached hydrogen (secondary N) is 1. The Kier molecular flexibility index (Phi) is 5.67. The Labute approximate surface area is 116 Å². The zero-order valence-electron chi connectivity index (χ0n) is 12.2. The van der Waals surface area contributed by atoms with Gasteiger partial charge >= 0.3 is 0 Å². The average molecular weight is 264 g/mol. The number of aryl methyl sites for hydroxylation is 2. The van der Waals surface area contributed by atoms with Crippen molar-refractivity contribution in [3.05, 3.63) is 29.3 Å². The van der Waals surface area contributed by atoms with Gasteiger partial charge in [-0.2, -0.15) is 0 Å². The van der Waals surface area contributed by atoms with Crippen molar-refractivity contribution in [3.63, 3.8) is 0 Å². The SMILES string of the molecule is Cc1ccc(C)c(OCCCC[NH+]2CCOCC2)c1. The molecule has 1 aliphatic rings. The lowest BCUT2D eigenvalue weighted by Gasteiger charge is -2.23. The lowest BCUT2D eigenvalue weighted by molar-refractivity contribution is -0.908. The van der Waals surface area contributed by atoms with Crippen LogP contribution < -0.4 is 9.64 Å². The summed E-state index contributed by atoms with van der Waals surface area (Å²) in [5.74, 6) is 1.04. The van der Waals surface area contributed by atoms with E-state index in [9.17, 15) is 0 Å². The Bertz CT molecular complexity index is 386. The van der Waals surface area contributed by atoms with E-state index >= 15 is 0 Å². The highest BCUT2D eigenvalue weighted by Gasteiger charge is 2.12. The van der Waals surface area contributed by atoms with Gasteiger partial charge in [0.05, 0.1) is 26.4 Å². The van der Waals surface area contributed by atoms with Crippen LogP contribution >= 0.6 is 0 Å². The molecule has 3 heteroatoms. The number of hydrogen-bond donors (Lipinski definition) is 1. The van der Waals surface area contributed by atoms with Gasteiger partial charge in [-0.25, -0.2) is 0 Å². The molecule has 3 nitrogen and oxygen atoms in total. The maximum absolute atomic E-state index is 5.87. The molecule has 0 saturated carbocycles. The first-order valence-corrected chi connectivity index (χ1v) is 7.37. The molecule has 1 aromatic carbocycles. The first-order valence-electron chi connectivity index (χ1n) is 7.37. The number of benzene rings is 1. The summed E-state index contributed by atoms with van der Waals surface area (Å²) in [5.41, 5.74) is 2.49. The number of quaternary nitrogens is 1. The number of rotatable bonds is 6. The molecule has 1 aliphatic heterocycles. The van der Waals surface area contributed by atoms with Gasteiger partial charge in [0.15, 0.2) is 0 Å². The van der Waals surface area contributed by atoms with E-state index in [2.05, 4.69) is 32.0 Å². The van der Waals surface area contributed by atoms with Gasteiger partial charge in [0, 0.05) is 0 Å². The highest BCUT2D eigenvalue weighted by atomic mass is 16.5. The number of ether oxygens (including phenoxy) is 2. The minimum atomic E-state index is 0.827. The van der Waals surface area contributed by atoms with Crippen LogP contribution in [-0.2, 0) is 4.74 Å². The Hall–Kier alpha value is -1.06. The fraction of sp³-hybridized carbons (Fsp3) is 0.625. The van der Waals surface area contributed by atoms with Crippen molar-refractivity contribution in [2.45, 2.75) is 26.7 Å². The minimum Gasteiger partial charge on any atom is -0.493 e. The molecule has 0 aliphatic carbocycles. The van der Waals surface area contributed by atoms with Crippen LogP contribution in [0.1, 0.15) is 24.0 Å². The zero-order chi connectivity index (χ0) is 13.5. The molecular weight excluding hydrogens is 238 g/mol. The smallest absolute Gasteiger partial charge is 0.122 e. The maximum Gasteiger partial charge on any atom is 0.122 e. The number of morpholine rings is 1. The lowest BCUT2D eigenvalue weighted by Crippen LogP contribution is -3.14. The third kappa shape index (κ3) is 4.84. The van der Waals surface area contributed by atoms with Crippen molar-refractivity contribution in [3.8, 4) is 5.75 Å². The molecular formula is C16H26NO2+. The van der Waals surface area contributed by atoms with Crippen LogP contribution in [0.5, 0.6) is 5.75 Å². The number of hydrogen-bond acceptors (Lipinski definition) is 2. The third-order valence-corrected chi connectivity index (χ3v) is 3.73. The second-order valence-corrected chi connectivity index (χ2v) is 5.44. The summed E-state index contributed by atoms with van der Waals surface area (Å²) in [5, 5.41) is 0. The molecule has 1 saturated heterocycles. The van der Waals surface area contributed by atoms with Crippen molar-refractivity contribution in [1.29, 1.82) is 0 Å². The molecule has 0 aromatic heterocycles. The van der Waals surface area contributed by atoms with Gasteiger partial charge < -0.3 is 14.4 Å². The Morgan fingerprint density at radius 3 is 2.74 bits per heavy atom. The molecule has 0 amide bonds. The topological polar surface area (TPSA) is 22.9 Å². The summed E-state index contributed by atoms with van der Waals surface area (Å²) < 4.78 is 11.2. The predicted molar refractivity (Wildman–Crippen MR) is 77.0 cm³/mol. The highest BCUT2D eigenvalue weighted by Crippen LogP contribution is 2.19. The van der Waals surface area contributed by atoms with Crippen molar-refractivity contribution in [2.75, 3.05) is 39.5 Å². The highest BCUT2D eigenvalue weighted by molar-refractivity contribution is 5.35. The van der Waals surface area contributed by atoms with Crippen molar-refractivity contribution in [1.82, 2.24) is 0 Å². The molecule has 1 N–H and O–H groups in total. The second kappa shape index (κ2) is 7.51. The molecule has 0 unspecified atom stereocenters. The summed E-state index contributed by atoms with van der Waals surface area (Å²) in [6.07, 6.45) is 2.37. The molecule has 0 radical (unpaired) electrons. The van der Waals surface area contributed by atoms with E-state index in [1.165, 1.54) is 24.1 Å². The van der Waals surface area contributed by atoms with Crippen LogP contribution in [0.2, 0.25) is 0 Å². The fourth-order valence-corrected chi connectivity index (χ4v) is 2.43. The monoisotopic (exact) mass is 264 g/mol. The molecule has 2 rings (SSSR count). The second-order valence-electron chi connectivity index (χ2n) is 5.44. The molecule has 1 fully saturated rings. The molecule has 1 aromatic rings. The van der Waals surface area contributed by atoms with Crippen LogP contribution in [0, 0.1) is 13.8 Å². The zero-order valence-corrected chi connectivity index (χ0v) is 12.2.